The molecule has 0 amide bonds. The Morgan fingerprint density at radius 2 is 1.44 bits per heavy atom. The largest absolute Gasteiger partial charge is 0.485 e. The van der Waals surface area contributed by atoms with Crippen molar-refractivity contribution in [1.29, 1.82) is 0 Å². The molecule has 1 aromatic heterocycles. The molecule has 4 aliphatic carbocycles. The first-order chi connectivity index (χ1) is 25.5. The topological polar surface area (TPSA) is 45.8 Å². The molecule has 7 unspecified atom stereocenters. The van der Waals surface area contributed by atoms with Crippen LogP contribution in [0.4, 0.5) is 5.69 Å². The molecule has 1 N–H and O–H groups in total. The summed E-state index contributed by atoms with van der Waals surface area (Å²) < 4.78 is 13.4. The van der Waals surface area contributed by atoms with Crippen molar-refractivity contribution in [1.82, 2.24) is 0 Å². The van der Waals surface area contributed by atoms with Crippen LogP contribution in [-0.2, 0) is 5.41 Å². The third-order valence-corrected chi connectivity index (χ3v) is 12.7. The zero-order chi connectivity index (χ0) is 34.7. The van der Waals surface area contributed by atoms with Crippen molar-refractivity contribution in [3.63, 3.8) is 0 Å². The summed E-state index contributed by atoms with van der Waals surface area (Å²) in [7, 11) is 0. The Hall–Kier alpha value is -5.58. The Balaban J connectivity index is 1.20. The van der Waals surface area contributed by atoms with Crippen molar-refractivity contribution >= 4 is 38.9 Å². The number of ether oxygens (including phenoxy) is 1. The van der Waals surface area contributed by atoms with E-state index in [1.54, 1.807) is 0 Å². The summed E-state index contributed by atoms with van der Waals surface area (Å²) in [6.45, 7) is 4.82. The van der Waals surface area contributed by atoms with Crippen LogP contribution in [-0.4, -0.2) is 17.3 Å². The molecular formula is C48H39NO3. The van der Waals surface area contributed by atoms with E-state index < -0.39 is 6.10 Å². The standard InChI is InChI=1S/C48H39NO3/c1-48(2)37-22-9-10-23-39(37)49(40-27-43-36(26-38(40)48)28-14-7-11-24-41(28)51-43)45-31-17-5-3-15-29(31)44(30-16-4-6-18-32(30)45)34-20-13-21-35-46(50)33-19-8-12-25-42(33)52-47(34)35/h3-27,29,31,35,37,39,46-47,50H,1-2H3. The van der Waals surface area contributed by atoms with Crippen molar-refractivity contribution in [3.05, 3.63) is 179 Å². The number of furan rings is 1. The van der Waals surface area contributed by atoms with Gasteiger partial charge in [0.2, 0.25) is 0 Å². The number of nitrogens with zero attached hydrogens (tertiary/aromatic N) is 1. The molecule has 0 saturated heterocycles. The van der Waals surface area contributed by atoms with Gasteiger partial charge in [0.1, 0.15) is 23.0 Å². The van der Waals surface area contributed by atoms with Gasteiger partial charge in [-0.3, -0.25) is 0 Å². The minimum Gasteiger partial charge on any atom is -0.485 e. The third-order valence-electron chi connectivity index (χ3n) is 12.7. The molecule has 52 heavy (non-hydrogen) atoms. The highest BCUT2D eigenvalue weighted by atomic mass is 16.5. The second-order valence-electron chi connectivity index (χ2n) is 15.6. The van der Waals surface area contributed by atoms with Crippen molar-refractivity contribution in [3.8, 4) is 5.75 Å². The molecule has 2 aliphatic heterocycles. The molecule has 4 heteroatoms. The van der Waals surface area contributed by atoms with Gasteiger partial charge in [0.25, 0.3) is 0 Å². The maximum atomic E-state index is 11.7. The van der Waals surface area contributed by atoms with Crippen molar-refractivity contribution in [2.75, 3.05) is 4.90 Å². The number of para-hydroxylation sites is 2. The smallest absolute Gasteiger partial charge is 0.137 e. The van der Waals surface area contributed by atoms with E-state index in [1.165, 1.54) is 38.3 Å². The molecule has 11 rings (SSSR count). The quantitative estimate of drug-likeness (QED) is 0.203. The van der Waals surface area contributed by atoms with Crippen LogP contribution >= 0.6 is 0 Å². The lowest BCUT2D eigenvalue weighted by molar-refractivity contribution is 0.0399. The molecule has 4 nitrogen and oxygen atoms in total. The lowest BCUT2D eigenvalue weighted by atomic mass is 9.63. The van der Waals surface area contributed by atoms with E-state index in [-0.39, 0.29) is 41.2 Å². The van der Waals surface area contributed by atoms with Crippen LogP contribution in [0.1, 0.15) is 31.1 Å². The van der Waals surface area contributed by atoms with Crippen LogP contribution in [0.3, 0.4) is 0 Å². The molecule has 0 fully saturated rings. The van der Waals surface area contributed by atoms with Crippen LogP contribution in [0, 0.1) is 23.7 Å². The average molecular weight is 678 g/mol. The highest BCUT2D eigenvalue weighted by Crippen LogP contribution is 2.54. The van der Waals surface area contributed by atoms with Gasteiger partial charge in [-0.2, -0.15) is 0 Å². The van der Waals surface area contributed by atoms with Crippen LogP contribution < -0.4 is 20.1 Å². The number of benzene rings is 4. The summed E-state index contributed by atoms with van der Waals surface area (Å²) in [5.41, 5.74) is 8.85. The predicted octanol–water partition coefficient (Wildman–Crippen LogP) is 8.73. The molecule has 7 atom stereocenters. The summed E-state index contributed by atoms with van der Waals surface area (Å²) in [5, 5.41) is 16.4. The van der Waals surface area contributed by atoms with Gasteiger partial charge >= 0.3 is 0 Å². The zero-order valence-corrected chi connectivity index (χ0v) is 29.2. The van der Waals surface area contributed by atoms with E-state index in [4.69, 9.17) is 9.15 Å². The van der Waals surface area contributed by atoms with Gasteiger partial charge in [-0.15, -0.1) is 0 Å². The molecule has 0 saturated carbocycles. The highest BCUT2D eigenvalue weighted by Gasteiger charge is 2.49. The van der Waals surface area contributed by atoms with E-state index in [9.17, 15) is 5.11 Å². The number of fused-ring (bicyclic) bond motifs is 9. The molecule has 0 bridgehead atoms. The molecule has 5 aromatic rings. The summed E-state index contributed by atoms with van der Waals surface area (Å²) in [4.78, 5) is 2.66. The number of rotatable bonds is 2. The Labute approximate surface area is 303 Å². The van der Waals surface area contributed by atoms with Crippen LogP contribution in [0.5, 0.6) is 5.75 Å². The maximum absolute atomic E-state index is 11.7. The Kier molecular flexibility index (Phi) is 6.34. The second-order valence-corrected chi connectivity index (χ2v) is 15.6. The number of aliphatic hydroxyl groups excluding tert-OH is 1. The summed E-state index contributed by atoms with van der Waals surface area (Å²) in [6, 6.07) is 30.1. The Bertz CT molecular complexity index is 2660. The monoisotopic (exact) mass is 677 g/mol. The normalized spacial score (nSPS) is 28.8. The third kappa shape index (κ3) is 4.07. The number of anilines is 1. The lowest BCUT2D eigenvalue weighted by Gasteiger charge is -2.53. The van der Waals surface area contributed by atoms with Crippen LogP contribution in [0.2, 0.25) is 0 Å². The fourth-order valence-electron chi connectivity index (χ4n) is 10.2. The second kappa shape index (κ2) is 11.0. The van der Waals surface area contributed by atoms with Gasteiger partial charge in [-0.1, -0.05) is 141 Å². The molecule has 0 radical (unpaired) electrons. The Morgan fingerprint density at radius 1 is 0.692 bits per heavy atom. The lowest BCUT2D eigenvalue weighted by Crippen LogP contribution is -2.55. The van der Waals surface area contributed by atoms with E-state index in [2.05, 4.69) is 146 Å². The molecule has 3 heterocycles. The maximum Gasteiger partial charge on any atom is 0.137 e. The van der Waals surface area contributed by atoms with E-state index >= 15 is 0 Å². The first kappa shape index (κ1) is 30.1. The van der Waals surface area contributed by atoms with Crippen LogP contribution in [0.25, 0.3) is 33.2 Å². The number of aliphatic hydroxyl groups is 1. The summed E-state index contributed by atoms with van der Waals surface area (Å²) in [6.07, 6.45) is 24.0. The average Bonchev–Trinajstić information content (AvgIpc) is 3.55. The van der Waals surface area contributed by atoms with Crippen molar-refractivity contribution < 1.29 is 14.3 Å². The SMILES string of the molecule is CC1(C)c2cc3c(cc2N(C2=c4ccccc4=C(C4=CC=CC5C4Oc4ccccc4C5O)C4C=CC=CC24)C2C=CC=CC21)oc1ccccc13. The zero-order valence-electron chi connectivity index (χ0n) is 29.2. The number of allylic oxidation sites excluding steroid dienone is 7. The number of hydrogen-bond acceptors (Lipinski definition) is 4. The van der Waals surface area contributed by atoms with E-state index in [0.29, 0.717) is 0 Å². The predicted molar refractivity (Wildman–Crippen MR) is 209 cm³/mol. The molecule has 254 valence electrons. The van der Waals surface area contributed by atoms with Gasteiger partial charge in [0.15, 0.2) is 0 Å². The summed E-state index contributed by atoms with van der Waals surface area (Å²) in [5.74, 6) is 0.986. The number of hydrogen-bond donors (Lipinski definition) is 1. The molecule has 0 spiro atoms. The summed E-state index contributed by atoms with van der Waals surface area (Å²) >= 11 is 0. The Morgan fingerprint density at radius 3 is 2.35 bits per heavy atom. The molecule has 4 aromatic carbocycles. The highest BCUT2D eigenvalue weighted by molar-refractivity contribution is 6.07. The van der Waals surface area contributed by atoms with Gasteiger partial charge in [0.05, 0.1) is 12.1 Å². The van der Waals surface area contributed by atoms with Gasteiger partial charge < -0.3 is 19.2 Å². The minimum atomic E-state index is -0.639. The first-order valence-electron chi connectivity index (χ1n) is 18.6. The van der Waals surface area contributed by atoms with E-state index in [1.807, 2.05) is 24.3 Å². The van der Waals surface area contributed by atoms with Gasteiger partial charge in [0, 0.05) is 68.1 Å². The fourth-order valence-corrected chi connectivity index (χ4v) is 10.2. The van der Waals surface area contributed by atoms with Crippen molar-refractivity contribution in [2.45, 2.75) is 37.5 Å². The van der Waals surface area contributed by atoms with Crippen LogP contribution in [0.15, 0.2) is 162 Å². The van der Waals surface area contributed by atoms with E-state index in [0.717, 1.165) is 33.4 Å². The minimum absolute atomic E-state index is 0.0705. The molecular weight excluding hydrogens is 639 g/mol. The molecule has 6 aliphatic rings. The fraction of sp³-hybridized carbons (Fsp3) is 0.208. The van der Waals surface area contributed by atoms with Gasteiger partial charge in [-0.25, -0.2) is 0 Å². The van der Waals surface area contributed by atoms with Crippen molar-refractivity contribution in [2.24, 2.45) is 23.7 Å². The van der Waals surface area contributed by atoms with Gasteiger partial charge in [-0.05, 0) is 40.1 Å². The first-order valence-corrected chi connectivity index (χ1v) is 18.6.